The molecule has 1 atom stereocenters. The smallest absolute Gasteiger partial charge is 0.129 e. The van der Waals surface area contributed by atoms with Crippen molar-refractivity contribution in [2.75, 3.05) is 5.32 Å². The second kappa shape index (κ2) is 5.66. The molecule has 0 saturated carbocycles. The molecule has 14 heavy (non-hydrogen) atoms. The van der Waals surface area contributed by atoms with Crippen LogP contribution in [-0.4, -0.2) is 11.0 Å². The lowest BCUT2D eigenvalue weighted by Gasteiger charge is -2.13. The fourth-order valence-electron chi connectivity index (χ4n) is 1.19. The second-order valence-corrected chi connectivity index (χ2v) is 3.67. The Morgan fingerprint density at radius 3 is 3.00 bits per heavy atom. The van der Waals surface area contributed by atoms with Crippen molar-refractivity contribution in [1.82, 2.24) is 4.98 Å². The molecule has 0 fully saturated rings. The van der Waals surface area contributed by atoms with E-state index in [4.69, 9.17) is 11.6 Å². The van der Waals surface area contributed by atoms with Crippen LogP contribution < -0.4 is 5.32 Å². The van der Waals surface area contributed by atoms with Crippen LogP contribution in [0.4, 0.5) is 5.69 Å². The lowest BCUT2D eigenvalue weighted by molar-refractivity contribution is 0.718. The quantitative estimate of drug-likeness (QED) is 0.595. The van der Waals surface area contributed by atoms with Gasteiger partial charge < -0.3 is 5.32 Å². The molecule has 1 N–H and O–H groups in total. The van der Waals surface area contributed by atoms with Gasteiger partial charge in [0.15, 0.2) is 0 Å². The summed E-state index contributed by atoms with van der Waals surface area (Å²) in [6, 6.07) is 4.14. The van der Waals surface area contributed by atoms with Gasteiger partial charge in [-0.05, 0) is 31.9 Å². The molecule has 0 aliphatic rings. The van der Waals surface area contributed by atoms with Crippen LogP contribution in [0.25, 0.3) is 0 Å². The van der Waals surface area contributed by atoms with Gasteiger partial charge in [-0.3, -0.25) is 0 Å². The van der Waals surface area contributed by atoms with Crippen molar-refractivity contribution in [3.05, 3.63) is 36.1 Å². The first-order chi connectivity index (χ1) is 6.72. The van der Waals surface area contributed by atoms with Crippen LogP contribution in [-0.2, 0) is 0 Å². The molecule has 0 aliphatic carbocycles. The van der Waals surface area contributed by atoms with Gasteiger partial charge in [-0.1, -0.05) is 17.7 Å². The largest absolute Gasteiger partial charge is 0.381 e. The Labute approximate surface area is 90.0 Å². The van der Waals surface area contributed by atoms with Gasteiger partial charge >= 0.3 is 0 Å². The fraction of sp³-hybridized carbons (Fsp3) is 0.364. The summed E-state index contributed by atoms with van der Waals surface area (Å²) in [7, 11) is 0. The number of nitrogens with one attached hydrogen (secondary N) is 1. The van der Waals surface area contributed by atoms with Crippen molar-refractivity contribution in [3.8, 4) is 0 Å². The SMILES string of the molecule is C=CCC[C@H](C)Nc1ccc(Cl)nc1. The van der Waals surface area contributed by atoms with Gasteiger partial charge in [-0.2, -0.15) is 0 Å². The zero-order valence-corrected chi connectivity index (χ0v) is 9.09. The molecular weight excluding hydrogens is 196 g/mol. The van der Waals surface area contributed by atoms with Crippen LogP contribution in [0.2, 0.25) is 5.15 Å². The highest BCUT2D eigenvalue weighted by atomic mass is 35.5. The molecule has 0 amide bonds. The van der Waals surface area contributed by atoms with Gasteiger partial charge in [-0.15, -0.1) is 6.58 Å². The molecule has 2 nitrogen and oxygen atoms in total. The Morgan fingerprint density at radius 2 is 2.43 bits per heavy atom. The average Bonchev–Trinajstić information content (AvgIpc) is 2.18. The molecule has 1 rings (SSSR count). The Bertz CT molecular complexity index is 282. The minimum absolute atomic E-state index is 0.427. The topological polar surface area (TPSA) is 24.9 Å². The van der Waals surface area contributed by atoms with Crippen LogP contribution in [0.5, 0.6) is 0 Å². The molecule has 0 saturated heterocycles. The lowest BCUT2D eigenvalue weighted by atomic mass is 10.2. The summed E-state index contributed by atoms with van der Waals surface area (Å²) in [5.41, 5.74) is 1.01. The van der Waals surface area contributed by atoms with Crippen LogP contribution in [0.3, 0.4) is 0 Å². The molecule has 1 aromatic rings. The molecule has 0 unspecified atom stereocenters. The van der Waals surface area contributed by atoms with Crippen molar-refractivity contribution >= 4 is 17.3 Å². The van der Waals surface area contributed by atoms with Gasteiger partial charge in [0.05, 0.1) is 11.9 Å². The van der Waals surface area contributed by atoms with Gasteiger partial charge in [0.1, 0.15) is 5.15 Å². The third-order valence-corrected chi connectivity index (χ3v) is 2.17. The summed E-state index contributed by atoms with van der Waals surface area (Å²) < 4.78 is 0. The summed E-state index contributed by atoms with van der Waals surface area (Å²) in [5.74, 6) is 0. The van der Waals surface area contributed by atoms with Gasteiger partial charge in [0.25, 0.3) is 0 Å². The van der Waals surface area contributed by atoms with E-state index in [2.05, 4.69) is 23.8 Å². The number of hydrogen-bond donors (Lipinski definition) is 1. The average molecular weight is 211 g/mol. The first kappa shape index (κ1) is 11.1. The minimum Gasteiger partial charge on any atom is -0.381 e. The van der Waals surface area contributed by atoms with Crippen molar-refractivity contribution in [2.24, 2.45) is 0 Å². The summed E-state index contributed by atoms with van der Waals surface area (Å²) in [6.45, 7) is 5.83. The maximum absolute atomic E-state index is 5.68. The van der Waals surface area contributed by atoms with E-state index in [1.54, 1.807) is 12.3 Å². The lowest BCUT2D eigenvalue weighted by Crippen LogP contribution is -2.14. The minimum atomic E-state index is 0.427. The summed E-state index contributed by atoms with van der Waals surface area (Å²) in [6.07, 6.45) is 5.77. The van der Waals surface area contributed by atoms with E-state index >= 15 is 0 Å². The number of anilines is 1. The highest BCUT2D eigenvalue weighted by Crippen LogP contribution is 2.12. The predicted octanol–water partition coefficient (Wildman–Crippen LogP) is 3.50. The second-order valence-electron chi connectivity index (χ2n) is 3.28. The molecule has 1 heterocycles. The molecule has 0 radical (unpaired) electrons. The number of pyridine rings is 1. The fourth-order valence-corrected chi connectivity index (χ4v) is 1.30. The van der Waals surface area contributed by atoms with Crippen LogP contribution >= 0.6 is 11.6 Å². The number of hydrogen-bond acceptors (Lipinski definition) is 2. The molecule has 76 valence electrons. The number of rotatable bonds is 5. The highest BCUT2D eigenvalue weighted by Gasteiger charge is 2.00. The Balaban J connectivity index is 2.43. The van der Waals surface area contributed by atoms with Crippen molar-refractivity contribution in [2.45, 2.75) is 25.8 Å². The van der Waals surface area contributed by atoms with E-state index in [-0.39, 0.29) is 0 Å². The zero-order valence-electron chi connectivity index (χ0n) is 8.33. The Kier molecular flexibility index (Phi) is 4.47. The number of allylic oxidation sites excluding steroid dienone is 1. The van der Waals surface area contributed by atoms with Gasteiger partial charge in [0.2, 0.25) is 0 Å². The number of halogens is 1. The number of nitrogens with zero attached hydrogens (tertiary/aromatic N) is 1. The van der Waals surface area contributed by atoms with E-state index in [9.17, 15) is 0 Å². The van der Waals surface area contributed by atoms with E-state index < -0.39 is 0 Å². The van der Waals surface area contributed by atoms with Crippen molar-refractivity contribution < 1.29 is 0 Å². The summed E-state index contributed by atoms with van der Waals surface area (Å²) in [5, 5.41) is 3.86. The third kappa shape index (κ3) is 3.79. The summed E-state index contributed by atoms with van der Waals surface area (Å²) in [4.78, 5) is 4.00. The van der Waals surface area contributed by atoms with Crippen LogP contribution in [0.1, 0.15) is 19.8 Å². The zero-order chi connectivity index (χ0) is 10.4. The first-order valence-electron chi connectivity index (χ1n) is 4.71. The molecule has 3 heteroatoms. The maximum Gasteiger partial charge on any atom is 0.129 e. The van der Waals surface area contributed by atoms with Gasteiger partial charge in [0, 0.05) is 6.04 Å². The van der Waals surface area contributed by atoms with E-state index in [0.717, 1.165) is 18.5 Å². The Morgan fingerprint density at radius 1 is 1.64 bits per heavy atom. The monoisotopic (exact) mass is 210 g/mol. The van der Waals surface area contributed by atoms with Crippen molar-refractivity contribution in [1.29, 1.82) is 0 Å². The molecule has 1 aromatic heterocycles. The van der Waals surface area contributed by atoms with Gasteiger partial charge in [-0.25, -0.2) is 4.98 Å². The summed E-state index contributed by atoms with van der Waals surface area (Å²) >= 11 is 5.68. The normalized spacial score (nSPS) is 12.1. The van der Waals surface area contributed by atoms with Crippen LogP contribution in [0.15, 0.2) is 31.0 Å². The highest BCUT2D eigenvalue weighted by molar-refractivity contribution is 6.29. The van der Waals surface area contributed by atoms with E-state index in [0.29, 0.717) is 11.2 Å². The molecule has 0 bridgehead atoms. The Hall–Kier alpha value is -1.02. The molecule has 0 aliphatic heterocycles. The maximum atomic E-state index is 5.68. The van der Waals surface area contributed by atoms with Crippen LogP contribution in [0, 0.1) is 0 Å². The third-order valence-electron chi connectivity index (χ3n) is 1.94. The molecular formula is C11H15ClN2. The van der Waals surface area contributed by atoms with Crippen molar-refractivity contribution in [3.63, 3.8) is 0 Å². The molecule has 0 spiro atoms. The van der Waals surface area contributed by atoms with E-state index in [1.165, 1.54) is 0 Å². The standard InChI is InChI=1S/C11H15ClN2/c1-3-4-5-9(2)14-10-6-7-11(12)13-8-10/h3,6-9,14H,1,4-5H2,2H3/t9-/m0/s1. The number of aromatic nitrogens is 1. The molecule has 0 aromatic carbocycles. The predicted molar refractivity (Wildman–Crippen MR) is 61.8 cm³/mol. The first-order valence-corrected chi connectivity index (χ1v) is 5.09. The van der Waals surface area contributed by atoms with E-state index in [1.807, 2.05) is 12.1 Å².